The van der Waals surface area contributed by atoms with E-state index in [9.17, 15) is 14.9 Å². The fourth-order valence-corrected chi connectivity index (χ4v) is 3.32. The number of aromatic nitrogens is 4. The highest BCUT2D eigenvalue weighted by Gasteiger charge is 2.21. The summed E-state index contributed by atoms with van der Waals surface area (Å²) in [5.41, 5.74) is 1.84. The summed E-state index contributed by atoms with van der Waals surface area (Å²) < 4.78 is 1.54. The molecular weight excluding hydrogens is 404 g/mol. The zero-order chi connectivity index (χ0) is 20.3. The molecule has 0 fully saturated rings. The van der Waals surface area contributed by atoms with Crippen molar-refractivity contribution in [1.29, 1.82) is 0 Å². The van der Waals surface area contributed by atoms with Gasteiger partial charge in [-0.1, -0.05) is 35.5 Å². The summed E-state index contributed by atoms with van der Waals surface area (Å²) in [5.74, 6) is -0.383. The van der Waals surface area contributed by atoms with Crippen molar-refractivity contribution in [2.75, 3.05) is 5.32 Å². The second kappa shape index (κ2) is 8.36. The number of anilines is 1. The molecule has 0 saturated carbocycles. The molecule has 144 valence electrons. The van der Waals surface area contributed by atoms with Crippen LogP contribution < -0.4 is 5.32 Å². The average molecular weight is 419 g/mol. The maximum atomic E-state index is 12.5. The second-order valence-electron chi connectivity index (χ2n) is 5.88. The Morgan fingerprint density at radius 1 is 1.32 bits per heavy atom. The number of nitrogens with one attached hydrogen (secondary N) is 1. The number of carbonyl (C=O) groups excluding carboxylic acids is 1. The van der Waals surface area contributed by atoms with Crippen molar-refractivity contribution in [2.24, 2.45) is 0 Å². The van der Waals surface area contributed by atoms with E-state index >= 15 is 0 Å². The number of hydrogen-bond donors (Lipinski definition) is 1. The summed E-state index contributed by atoms with van der Waals surface area (Å²) in [5, 5.41) is 25.2. The number of nitro benzene ring substituents is 1. The topological polar surface area (TPSA) is 116 Å². The molecule has 3 aromatic rings. The van der Waals surface area contributed by atoms with E-state index in [1.165, 1.54) is 18.2 Å². The van der Waals surface area contributed by atoms with Gasteiger partial charge in [0.15, 0.2) is 0 Å². The van der Waals surface area contributed by atoms with Gasteiger partial charge in [0.05, 0.1) is 26.6 Å². The molecule has 1 heterocycles. The lowest BCUT2D eigenvalue weighted by Crippen LogP contribution is -2.23. The molecule has 2 aromatic carbocycles. The third kappa shape index (κ3) is 4.46. The van der Waals surface area contributed by atoms with Crippen LogP contribution in [0, 0.1) is 17.0 Å². The molecule has 9 nitrogen and oxygen atoms in total. The zero-order valence-corrected chi connectivity index (χ0v) is 16.4. The Morgan fingerprint density at radius 3 is 2.82 bits per heavy atom. The number of benzene rings is 2. The Morgan fingerprint density at radius 2 is 2.11 bits per heavy atom. The van der Waals surface area contributed by atoms with Crippen LogP contribution in [0.5, 0.6) is 0 Å². The summed E-state index contributed by atoms with van der Waals surface area (Å²) >= 11 is 7.19. The highest BCUT2D eigenvalue weighted by atomic mass is 35.5. The van der Waals surface area contributed by atoms with E-state index < -0.39 is 10.2 Å². The van der Waals surface area contributed by atoms with E-state index in [-0.39, 0.29) is 22.3 Å². The first-order valence-electron chi connectivity index (χ1n) is 8.12. The average Bonchev–Trinajstić information content (AvgIpc) is 3.11. The summed E-state index contributed by atoms with van der Waals surface area (Å²) in [4.78, 5) is 22.9. The molecule has 0 radical (unpaired) electrons. The van der Waals surface area contributed by atoms with E-state index in [0.717, 1.165) is 23.0 Å². The van der Waals surface area contributed by atoms with Gasteiger partial charge in [-0.05, 0) is 48.0 Å². The number of nitro groups is 1. The van der Waals surface area contributed by atoms with Gasteiger partial charge in [-0.2, -0.15) is 4.68 Å². The first kappa shape index (κ1) is 19.8. The van der Waals surface area contributed by atoms with E-state index in [4.69, 9.17) is 11.6 Å². The Balaban J connectivity index is 1.75. The van der Waals surface area contributed by atoms with Crippen LogP contribution in [0.3, 0.4) is 0 Å². The lowest BCUT2D eigenvalue weighted by molar-refractivity contribution is -0.384. The monoisotopic (exact) mass is 418 g/mol. The largest absolute Gasteiger partial charge is 0.324 e. The molecule has 0 bridgehead atoms. The lowest BCUT2D eigenvalue weighted by atomic mass is 10.2. The number of hydrogen-bond acceptors (Lipinski definition) is 7. The molecule has 0 aliphatic heterocycles. The fraction of sp³-hybridized carbons (Fsp3) is 0.176. The van der Waals surface area contributed by atoms with Crippen molar-refractivity contribution >= 4 is 40.6 Å². The van der Waals surface area contributed by atoms with Crippen molar-refractivity contribution in [1.82, 2.24) is 20.2 Å². The first-order chi connectivity index (χ1) is 13.3. The molecule has 1 amide bonds. The molecule has 0 aliphatic carbocycles. The Kier molecular flexibility index (Phi) is 5.90. The van der Waals surface area contributed by atoms with Gasteiger partial charge in [-0.25, -0.2) is 0 Å². The van der Waals surface area contributed by atoms with Gasteiger partial charge in [0.1, 0.15) is 0 Å². The number of amides is 1. The quantitative estimate of drug-likeness (QED) is 0.369. The molecule has 3 rings (SSSR count). The molecule has 11 heteroatoms. The van der Waals surface area contributed by atoms with Crippen molar-refractivity contribution in [3.8, 4) is 5.69 Å². The minimum absolute atomic E-state index is 0.164. The van der Waals surface area contributed by atoms with E-state index in [0.29, 0.717) is 5.16 Å². The maximum Gasteiger partial charge on any atom is 0.271 e. The van der Waals surface area contributed by atoms with E-state index in [1.807, 2.05) is 31.2 Å². The molecule has 1 atom stereocenters. The molecular formula is C17H15ClN6O3S. The highest BCUT2D eigenvalue weighted by molar-refractivity contribution is 8.00. The minimum Gasteiger partial charge on any atom is -0.324 e. The smallest absolute Gasteiger partial charge is 0.271 e. The van der Waals surface area contributed by atoms with Crippen LogP contribution in [0.2, 0.25) is 5.02 Å². The molecule has 1 aromatic heterocycles. The van der Waals surface area contributed by atoms with Crippen LogP contribution >= 0.6 is 23.4 Å². The predicted molar refractivity (Wildman–Crippen MR) is 106 cm³/mol. The van der Waals surface area contributed by atoms with Crippen LogP contribution in [0.15, 0.2) is 47.6 Å². The third-order valence-electron chi connectivity index (χ3n) is 3.76. The molecule has 0 saturated heterocycles. The Hall–Kier alpha value is -2.98. The predicted octanol–water partition coefficient (Wildman–Crippen LogP) is 3.65. The van der Waals surface area contributed by atoms with Crippen LogP contribution in [0.4, 0.5) is 11.4 Å². The van der Waals surface area contributed by atoms with Gasteiger partial charge < -0.3 is 5.32 Å². The van der Waals surface area contributed by atoms with Gasteiger partial charge >= 0.3 is 0 Å². The summed E-state index contributed by atoms with van der Waals surface area (Å²) in [6.45, 7) is 3.64. The number of tetrazole rings is 1. The summed E-state index contributed by atoms with van der Waals surface area (Å²) in [6, 6.07) is 11.5. The summed E-state index contributed by atoms with van der Waals surface area (Å²) in [7, 11) is 0. The molecule has 1 N–H and O–H groups in total. The highest BCUT2D eigenvalue weighted by Crippen LogP contribution is 2.29. The van der Waals surface area contributed by atoms with Crippen molar-refractivity contribution in [3.63, 3.8) is 0 Å². The van der Waals surface area contributed by atoms with Crippen molar-refractivity contribution < 1.29 is 9.72 Å². The number of thioether (sulfide) groups is 1. The van der Waals surface area contributed by atoms with Gasteiger partial charge in [-0.3, -0.25) is 14.9 Å². The first-order valence-corrected chi connectivity index (χ1v) is 9.38. The molecule has 28 heavy (non-hydrogen) atoms. The molecule has 0 spiro atoms. The van der Waals surface area contributed by atoms with Crippen molar-refractivity contribution in [3.05, 3.63) is 63.2 Å². The van der Waals surface area contributed by atoms with E-state index in [1.54, 1.807) is 11.6 Å². The number of non-ortho nitro benzene ring substituents is 1. The molecule has 0 aliphatic rings. The summed E-state index contributed by atoms with van der Waals surface area (Å²) in [6.07, 6.45) is 0. The van der Waals surface area contributed by atoms with Gasteiger partial charge in [0.2, 0.25) is 11.1 Å². The van der Waals surface area contributed by atoms with Crippen molar-refractivity contribution in [2.45, 2.75) is 24.3 Å². The normalized spacial score (nSPS) is 11.8. The van der Waals surface area contributed by atoms with Crippen LogP contribution in [0.25, 0.3) is 5.69 Å². The SMILES string of the molecule is Cc1cccc(-n2nnnc2S[C@@H](C)C(=O)Nc2cc([N+](=O)[O-])ccc2Cl)c1. The number of halogens is 1. The van der Waals surface area contributed by atoms with Gasteiger partial charge in [0.25, 0.3) is 5.69 Å². The zero-order valence-electron chi connectivity index (χ0n) is 14.9. The lowest BCUT2D eigenvalue weighted by Gasteiger charge is -2.12. The molecule has 0 unspecified atom stereocenters. The van der Waals surface area contributed by atoms with Gasteiger partial charge in [-0.15, -0.1) is 5.10 Å². The number of rotatable bonds is 6. The maximum absolute atomic E-state index is 12.5. The second-order valence-corrected chi connectivity index (χ2v) is 7.60. The van der Waals surface area contributed by atoms with Crippen LogP contribution in [0.1, 0.15) is 12.5 Å². The minimum atomic E-state index is -0.579. The Labute approximate surface area is 169 Å². The fourth-order valence-electron chi connectivity index (χ4n) is 2.34. The number of carbonyl (C=O) groups is 1. The standard InChI is InChI=1S/C17H15ClN6O3S/c1-10-4-3-5-12(8-10)23-17(20-21-22-23)28-11(2)16(25)19-15-9-13(24(26)27)6-7-14(15)18/h3-9,11H,1-2H3,(H,19,25)/t11-/m0/s1. The number of aryl methyl sites for hydroxylation is 1. The third-order valence-corrected chi connectivity index (χ3v) is 5.12. The number of nitrogens with zero attached hydrogens (tertiary/aromatic N) is 5. The van der Waals surface area contributed by atoms with Crippen LogP contribution in [-0.4, -0.2) is 36.3 Å². The van der Waals surface area contributed by atoms with Gasteiger partial charge in [0, 0.05) is 12.1 Å². The van der Waals surface area contributed by atoms with E-state index in [2.05, 4.69) is 20.8 Å². The Bertz CT molecular complexity index is 1040. The van der Waals surface area contributed by atoms with Crippen LogP contribution in [-0.2, 0) is 4.79 Å².